The Bertz CT molecular complexity index is 713. The van der Waals surface area contributed by atoms with Crippen molar-refractivity contribution in [2.45, 2.75) is 26.9 Å². The van der Waals surface area contributed by atoms with Crippen LogP contribution in [0.2, 0.25) is 0 Å². The molecular weight excluding hydrogens is 473 g/mol. The minimum atomic E-state index is 0. The number of halogens is 1. The van der Waals surface area contributed by atoms with Crippen molar-refractivity contribution in [3.8, 4) is 0 Å². The van der Waals surface area contributed by atoms with Crippen molar-refractivity contribution in [2.24, 2.45) is 4.99 Å². The van der Waals surface area contributed by atoms with Gasteiger partial charge in [-0.2, -0.15) is 0 Å². The molecule has 27 heavy (non-hydrogen) atoms. The van der Waals surface area contributed by atoms with Crippen molar-refractivity contribution in [1.82, 2.24) is 15.6 Å². The number of aliphatic imine (C=N–C) groups is 1. The van der Waals surface area contributed by atoms with E-state index in [2.05, 4.69) is 63.6 Å². The van der Waals surface area contributed by atoms with Gasteiger partial charge in [-0.3, -0.25) is 0 Å². The van der Waals surface area contributed by atoms with Crippen molar-refractivity contribution in [1.29, 1.82) is 0 Å². The highest BCUT2D eigenvalue weighted by Gasteiger charge is 2.10. The molecule has 1 aromatic carbocycles. The number of nitrogens with zero attached hydrogens (tertiary/aromatic N) is 3. The number of ether oxygens (including phenoxy) is 1. The third-order valence-corrected chi connectivity index (χ3v) is 5.07. The van der Waals surface area contributed by atoms with Crippen LogP contribution in [0.4, 0.5) is 5.69 Å². The standard InChI is InChI=1S/C19H27N5OS.HI/c1-3-20-19(23-14-18-21-12-15(2)26-18)22-13-16-4-6-17(7-5-16)24-8-10-25-11-9-24;/h4-7,12H,3,8-11,13-14H2,1-2H3,(H2,20,22,23);1H. The van der Waals surface area contributed by atoms with Gasteiger partial charge in [-0.25, -0.2) is 9.98 Å². The van der Waals surface area contributed by atoms with E-state index in [0.717, 1.165) is 43.8 Å². The van der Waals surface area contributed by atoms with E-state index in [4.69, 9.17) is 4.74 Å². The van der Waals surface area contributed by atoms with Gasteiger partial charge in [0.15, 0.2) is 5.96 Å². The molecule has 8 heteroatoms. The molecule has 3 rings (SSSR count). The van der Waals surface area contributed by atoms with Gasteiger partial charge in [0.25, 0.3) is 0 Å². The number of rotatable bonds is 6. The molecule has 0 unspecified atom stereocenters. The summed E-state index contributed by atoms with van der Waals surface area (Å²) in [5.41, 5.74) is 2.45. The number of guanidine groups is 1. The Morgan fingerprint density at radius 3 is 2.59 bits per heavy atom. The average Bonchev–Trinajstić information content (AvgIpc) is 3.10. The van der Waals surface area contributed by atoms with Gasteiger partial charge in [0.1, 0.15) is 5.01 Å². The molecule has 1 saturated heterocycles. The first-order chi connectivity index (χ1) is 12.7. The van der Waals surface area contributed by atoms with Crippen LogP contribution >= 0.6 is 35.3 Å². The first kappa shape index (κ1) is 21.9. The topological polar surface area (TPSA) is 61.8 Å². The highest BCUT2D eigenvalue weighted by molar-refractivity contribution is 14.0. The fourth-order valence-electron chi connectivity index (χ4n) is 2.79. The van der Waals surface area contributed by atoms with Gasteiger partial charge in [0, 0.05) is 36.4 Å². The maximum Gasteiger partial charge on any atom is 0.191 e. The molecule has 1 fully saturated rings. The quantitative estimate of drug-likeness (QED) is 0.362. The lowest BCUT2D eigenvalue weighted by atomic mass is 10.2. The summed E-state index contributed by atoms with van der Waals surface area (Å²) in [4.78, 5) is 12.7. The average molecular weight is 501 g/mol. The summed E-state index contributed by atoms with van der Waals surface area (Å²) in [5, 5.41) is 7.71. The molecule has 0 atom stereocenters. The lowest BCUT2D eigenvalue weighted by Gasteiger charge is -2.28. The van der Waals surface area contributed by atoms with Crippen LogP contribution in [0.25, 0.3) is 0 Å². The predicted octanol–water partition coefficient (Wildman–Crippen LogP) is 3.16. The van der Waals surface area contributed by atoms with Gasteiger partial charge >= 0.3 is 0 Å². The molecule has 6 nitrogen and oxygen atoms in total. The molecule has 148 valence electrons. The lowest BCUT2D eigenvalue weighted by molar-refractivity contribution is 0.122. The monoisotopic (exact) mass is 501 g/mol. The van der Waals surface area contributed by atoms with E-state index in [0.29, 0.717) is 13.1 Å². The van der Waals surface area contributed by atoms with Crippen LogP contribution in [-0.4, -0.2) is 43.8 Å². The maximum atomic E-state index is 5.41. The van der Waals surface area contributed by atoms with Gasteiger partial charge in [-0.05, 0) is 31.5 Å². The first-order valence-corrected chi connectivity index (χ1v) is 9.91. The largest absolute Gasteiger partial charge is 0.378 e. The number of thiazole rings is 1. The molecule has 1 aromatic heterocycles. The normalized spacial score (nSPS) is 14.6. The molecule has 2 heterocycles. The summed E-state index contributed by atoms with van der Waals surface area (Å²) in [7, 11) is 0. The smallest absolute Gasteiger partial charge is 0.191 e. The number of benzene rings is 1. The third kappa shape index (κ3) is 6.93. The van der Waals surface area contributed by atoms with Crippen molar-refractivity contribution < 1.29 is 4.74 Å². The summed E-state index contributed by atoms with van der Waals surface area (Å²) >= 11 is 1.71. The second-order valence-corrected chi connectivity index (χ2v) is 7.50. The van der Waals surface area contributed by atoms with Crippen LogP contribution in [0.1, 0.15) is 22.4 Å². The number of hydrogen-bond donors (Lipinski definition) is 2. The van der Waals surface area contributed by atoms with Gasteiger partial charge in [0.2, 0.25) is 0 Å². The Hall–Kier alpha value is -1.39. The molecule has 0 amide bonds. The zero-order chi connectivity index (χ0) is 18.2. The number of morpholine rings is 1. The SMILES string of the molecule is CCNC(=NCc1ccc(N2CCOCC2)cc1)NCc1ncc(C)s1.I. The molecule has 0 spiro atoms. The van der Waals surface area contributed by atoms with E-state index in [1.54, 1.807) is 11.3 Å². The Labute approximate surface area is 182 Å². The first-order valence-electron chi connectivity index (χ1n) is 9.09. The van der Waals surface area contributed by atoms with Crippen LogP contribution in [-0.2, 0) is 17.8 Å². The van der Waals surface area contributed by atoms with E-state index >= 15 is 0 Å². The van der Waals surface area contributed by atoms with Gasteiger partial charge in [-0.1, -0.05) is 12.1 Å². The fraction of sp³-hybridized carbons (Fsp3) is 0.474. The van der Waals surface area contributed by atoms with Gasteiger partial charge in [0.05, 0.1) is 26.3 Å². The molecule has 2 aromatic rings. The zero-order valence-corrected chi connectivity index (χ0v) is 19.0. The Morgan fingerprint density at radius 1 is 1.22 bits per heavy atom. The Morgan fingerprint density at radius 2 is 1.96 bits per heavy atom. The number of hydrogen-bond acceptors (Lipinski definition) is 5. The zero-order valence-electron chi connectivity index (χ0n) is 15.9. The molecule has 1 aliphatic heterocycles. The van der Waals surface area contributed by atoms with Crippen molar-refractivity contribution in [2.75, 3.05) is 37.7 Å². The molecule has 0 bridgehead atoms. The Kier molecular flexibility index (Phi) is 9.29. The molecule has 0 aliphatic carbocycles. The van der Waals surface area contributed by atoms with E-state index in [1.807, 2.05) is 6.20 Å². The fourth-order valence-corrected chi connectivity index (χ4v) is 3.52. The van der Waals surface area contributed by atoms with E-state index in [9.17, 15) is 0 Å². The molecule has 0 saturated carbocycles. The summed E-state index contributed by atoms with van der Waals surface area (Å²) in [6, 6.07) is 8.66. The summed E-state index contributed by atoms with van der Waals surface area (Å²) < 4.78 is 5.41. The minimum absolute atomic E-state index is 0. The molecule has 0 radical (unpaired) electrons. The number of nitrogens with one attached hydrogen (secondary N) is 2. The van der Waals surface area contributed by atoms with Crippen LogP contribution < -0.4 is 15.5 Å². The summed E-state index contributed by atoms with van der Waals surface area (Å²) in [6.45, 7) is 9.85. The maximum absolute atomic E-state index is 5.41. The number of anilines is 1. The van der Waals surface area contributed by atoms with E-state index in [1.165, 1.54) is 16.1 Å². The summed E-state index contributed by atoms with van der Waals surface area (Å²) in [5.74, 6) is 0.817. The van der Waals surface area contributed by atoms with Crippen LogP contribution in [0, 0.1) is 6.92 Å². The van der Waals surface area contributed by atoms with Gasteiger partial charge in [-0.15, -0.1) is 35.3 Å². The van der Waals surface area contributed by atoms with Crippen LogP contribution in [0.15, 0.2) is 35.5 Å². The second-order valence-electron chi connectivity index (χ2n) is 6.18. The van der Waals surface area contributed by atoms with E-state index < -0.39 is 0 Å². The molecule has 2 N–H and O–H groups in total. The predicted molar refractivity (Wildman–Crippen MR) is 123 cm³/mol. The second kappa shape index (κ2) is 11.5. The molecule has 1 aliphatic rings. The highest BCUT2D eigenvalue weighted by Crippen LogP contribution is 2.17. The highest BCUT2D eigenvalue weighted by atomic mass is 127. The van der Waals surface area contributed by atoms with Crippen LogP contribution in [0.3, 0.4) is 0 Å². The minimum Gasteiger partial charge on any atom is -0.378 e. The lowest BCUT2D eigenvalue weighted by Crippen LogP contribution is -2.36. The van der Waals surface area contributed by atoms with Gasteiger partial charge < -0.3 is 20.3 Å². The number of aryl methyl sites for hydroxylation is 1. The number of aromatic nitrogens is 1. The van der Waals surface area contributed by atoms with E-state index in [-0.39, 0.29) is 24.0 Å². The summed E-state index contributed by atoms with van der Waals surface area (Å²) in [6.07, 6.45) is 1.90. The van der Waals surface area contributed by atoms with Crippen molar-refractivity contribution >= 4 is 47.0 Å². The third-order valence-electron chi connectivity index (χ3n) is 4.15. The van der Waals surface area contributed by atoms with Crippen LogP contribution in [0.5, 0.6) is 0 Å². The van der Waals surface area contributed by atoms with Crippen molar-refractivity contribution in [3.63, 3.8) is 0 Å². The van der Waals surface area contributed by atoms with Crippen molar-refractivity contribution in [3.05, 3.63) is 45.9 Å². The Balaban J connectivity index is 0.00000261. The molecular formula is C19H28IN5OS.